The molecule has 8 nitrogen and oxygen atoms in total. The number of nitrogens with zero attached hydrogens (tertiary/aromatic N) is 4. The first kappa shape index (κ1) is 27.0. The average molecular weight is 554 g/mol. The van der Waals surface area contributed by atoms with Gasteiger partial charge in [0.25, 0.3) is 11.8 Å². The fourth-order valence-corrected chi connectivity index (χ4v) is 4.93. The van der Waals surface area contributed by atoms with Gasteiger partial charge < -0.3 is 10.4 Å². The molecule has 0 spiro atoms. The number of fused-ring (bicyclic) bond motifs is 1. The highest BCUT2D eigenvalue weighted by atomic mass is 19.4. The summed E-state index contributed by atoms with van der Waals surface area (Å²) in [5.41, 5.74) is 0.233. The monoisotopic (exact) mass is 553 g/mol. The molecule has 0 saturated carbocycles. The third-order valence-electron chi connectivity index (χ3n) is 6.72. The molecule has 2 aromatic carbocycles. The standard InChI is InChI=1S/C28H23F4N5O3/c1-2-36-26-23(20(15-38)35-37(26)19-9-4-3-5-10-19)22(17-11-12-21(29)33-14-17)24(27(36)40)34-25(39)16-7-6-8-18(13-16)28(30,31)32/h3-14,22,24,38H,2,15H2,1H3,(H,34,39)/t22-,24-/m0/s1. The molecule has 4 aromatic rings. The van der Waals surface area contributed by atoms with Gasteiger partial charge in [-0.25, -0.2) is 9.67 Å². The van der Waals surface area contributed by atoms with Gasteiger partial charge in [0.15, 0.2) is 0 Å². The summed E-state index contributed by atoms with van der Waals surface area (Å²) in [6.07, 6.45) is -3.46. The molecule has 2 aromatic heterocycles. The summed E-state index contributed by atoms with van der Waals surface area (Å²) in [6, 6.07) is 13.9. The summed E-state index contributed by atoms with van der Waals surface area (Å²) in [5, 5.41) is 17.4. The Bertz CT molecular complexity index is 1550. The van der Waals surface area contributed by atoms with E-state index in [0.29, 0.717) is 28.7 Å². The molecule has 5 rings (SSSR count). The van der Waals surface area contributed by atoms with E-state index in [9.17, 15) is 32.3 Å². The number of nitrogens with one attached hydrogen (secondary N) is 1. The van der Waals surface area contributed by atoms with Crippen molar-refractivity contribution in [2.45, 2.75) is 31.7 Å². The minimum absolute atomic E-state index is 0.152. The minimum Gasteiger partial charge on any atom is -0.390 e. The van der Waals surface area contributed by atoms with Crippen LogP contribution in [0.4, 0.5) is 23.4 Å². The summed E-state index contributed by atoms with van der Waals surface area (Å²) >= 11 is 0. The van der Waals surface area contributed by atoms with Gasteiger partial charge in [0.2, 0.25) is 5.95 Å². The molecule has 206 valence electrons. The van der Waals surface area contributed by atoms with E-state index in [1.54, 1.807) is 31.2 Å². The van der Waals surface area contributed by atoms with E-state index >= 15 is 0 Å². The van der Waals surface area contributed by atoms with Gasteiger partial charge in [-0.1, -0.05) is 30.3 Å². The fourth-order valence-electron chi connectivity index (χ4n) is 4.93. The van der Waals surface area contributed by atoms with Crippen LogP contribution in [-0.2, 0) is 17.6 Å². The lowest BCUT2D eigenvalue weighted by molar-refractivity contribution is -0.137. The largest absolute Gasteiger partial charge is 0.416 e. The van der Waals surface area contributed by atoms with Crippen molar-refractivity contribution in [1.29, 1.82) is 0 Å². The fraction of sp³-hybridized carbons (Fsp3) is 0.214. The molecule has 0 aliphatic carbocycles. The molecule has 0 unspecified atom stereocenters. The SMILES string of the molecule is CCN1C(=O)[C@@H](NC(=O)c2cccc(C(F)(F)F)c2)[C@@H](c2ccc(F)nc2)c2c(CO)nn(-c3ccccc3)c21. The van der Waals surface area contributed by atoms with Crippen molar-refractivity contribution in [1.82, 2.24) is 20.1 Å². The van der Waals surface area contributed by atoms with Crippen LogP contribution >= 0.6 is 0 Å². The van der Waals surface area contributed by atoms with Crippen molar-refractivity contribution < 1.29 is 32.3 Å². The second-order valence-electron chi connectivity index (χ2n) is 9.09. The zero-order chi connectivity index (χ0) is 28.6. The maximum Gasteiger partial charge on any atom is 0.416 e. The molecule has 2 N–H and O–H groups in total. The summed E-state index contributed by atoms with van der Waals surface area (Å²) in [7, 11) is 0. The molecule has 0 fully saturated rings. The maximum atomic E-state index is 14.0. The molecule has 1 aliphatic heterocycles. The number of para-hydroxylation sites is 1. The van der Waals surface area contributed by atoms with E-state index in [1.165, 1.54) is 27.9 Å². The Balaban J connectivity index is 1.67. The number of benzene rings is 2. The van der Waals surface area contributed by atoms with Gasteiger partial charge in [0.1, 0.15) is 11.9 Å². The number of halogens is 4. The Hall–Kier alpha value is -4.58. The second kappa shape index (κ2) is 10.5. The van der Waals surface area contributed by atoms with Crippen LogP contribution in [0, 0.1) is 5.95 Å². The van der Waals surface area contributed by atoms with Gasteiger partial charge in [-0.3, -0.25) is 14.5 Å². The first-order chi connectivity index (χ1) is 19.1. The molecule has 40 heavy (non-hydrogen) atoms. The van der Waals surface area contributed by atoms with Crippen LogP contribution < -0.4 is 10.2 Å². The first-order valence-electron chi connectivity index (χ1n) is 12.3. The summed E-state index contributed by atoms with van der Waals surface area (Å²) < 4.78 is 55.2. The molecule has 0 saturated heterocycles. The number of hydrogen-bond donors (Lipinski definition) is 2. The van der Waals surface area contributed by atoms with E-state index in [0.717, 1.165) is 18.2 Å². The Morgan fingerprint density at radius 3 is 2.45 bits per heavy atom. The van der Waals surface area contributed by atoms with Crippen LogP contribution in [0.5, 0.6) is 0 Å². The normalized spacial score (nSPS) is 17.1. The van der Waals surface area contributed by atoms with Crippen LogP contribution in [0.25, 0.3) is 5.69 Å². The van der Waals surface area contributed by atoms with Crippen molar-refractivity contribution in [3.05, 3.63) is 107 Å². The lowest BCUT2D eigenvalue weighted by Crippen LogP contribution is -2.55. The van der Waals surface area contributed by atoms with Crippen molar-refractivity contribution >= 4 is 17.6 Å². The van der Waals surface area contributed by atoms with Gasteiger partial charge in [0, 0.05) is 29.8 Å². The van der Waals surface area contributed by atoms with Crippen LogP contribution in [0.3, 0.4) is 0 Å². The number of carbonyl (C=O) groups excluding carboxylic acids is 2. The number of amides is 2. The molecule has 2 atom stereocenters. The maximum absolute atomic E-state index is 14.0. The van der Waals surface area contributed by atoms with Crippen LogP contribution in [0.2, 0.25) is 0 Å². The topological polar surface area (TPSA) is 100 Å². The predicted octanol–water partition coefficient (Wildman–Crippen LogP) is 4.21. The Morgan fingerprint density at radius 2 is 1.82 bits per heavy atom. The van der Waals surface area contributed by atoms with E-state index in [4.69, 9.17) is 0 Å². The summed E-state index contributed by atoms with van der Waals surface area (Å²) in [4.78, 5) is 32.3. The van der Waals surface area contributed by atoms with Crippen molar-refractivity contribution in [3.8, 4) is 5.69 Å². The number of anilines is 1. The zero-order valence-electron chi connectivity index (χ0n) is 21.1. The number of pyridine rings is 1. The highest BCUT2D eigenvalue weighted by Gasteiger charge is 2.46. The molecule has 0 bridgehead atoms. The highest BCUT2D eigenvalue weighted by molar-refractivity contribution is 6.05. The molecule has 1 aliphatic rings. The first-order valence-corrected chi connectivity index (χ1v) is 12.3. The van der Waals surface area contributed by atoms with Gasteiger partial charge in [0.05, 0.1) is 23.6 Å². The van der Waals surface area contributed by atoms with Crippen LogP contribution in [-0.4, -0.2) is 44.3 Å². The van der Waals surface area contributed by atoms with Crippen molar-refractivity contribution in [3.63, 3.8) is 0 Å². The lowest BCUT2D eigenvalue weighted by Gasteiger charge is -2.38. The molecule has 12 heteroatoms. The number of aliphatic hydroxyl groups is 1. The number of aliphatic hydroxyl groups excluding tert-OH is 1. The quantitative estimate of drug-likeness (QED) is 0.275. The summed E-state index contributed by atoms with van der Waals surface area (Å²) in [5.74, 6) is -2.89. The minimum atomic E-state index is -4.67. The van der Waals surface area contributed by atoms with Crippen molar-refractivity contribution in [2.75, 3.05) is 11.4 Å². The number of alkyl halides is 3. The Morgan fingerprint density at radius 1 is 1.07 bits per heavy atom. The molecule has 0 radical (unpaired) electrons. The van der Waals surface area contributed by atoms with Gasteiger partial charge in [-0.15, -0.1) is 0 Å². The van der Waals surface area contributed by atoms with Gasteiger partial charge >= 0.3 is 6.18 Å². The van der Waals surface area contributed by atoms with E-state index in [-0.39, 0.29) is 17.8 Å². The van der Waals surface area contributed by atoms with Gasteiger partial charge in [-0.2, -0.15) is 22.7 Å². The average Bonchev–Trinajstić information content (AvgIpc) is 3.33. The highest BCUT2D eigenvalue weighted by Crippen LogP contribution is 2.43. The van der Waals surface area contributed by atoms with Crippen LogP contribution in [0.1, 0.15) is 45.6 Å². The molecule has 2 amide bonds. The Labute approximate surface area is 225 Å². The number of hydrogen-bond acceptors (Lipinski definition) is 5. The van der Waals surface area contributed by atoms with E-state index in [1.807, 2.05) is 6.07 Å². The number of likely N-dealkylation sites (N-methyl/N-ethyl adjacent to an activating group) is 1. The van der Waals surface area contributed by atoms with Crippen molar-refractivity contribution in [2.24, 2.45) is 0 Å². The van der Waals surface area contributed by atoms with Crippen LogP contribution in [0.15, 0.2) is 72.9 Å². The Kier molecular flexibility index (Phi) is 7.11. The molecular formula is C28H23F4N5O3. The van der Waals surface area contributed by atoms with E-state index in [2.05, 4.69) is 15.4 Å². The number of aromatic nitrogens is 3. The zero-order valence-corrected chi connectivity index (χ0v) is 21.1. The predicted molar refractivity (Wildman–Crippen MR) is 136 cm³/mol. The third-order valence-corrected chi connectivity index (χ3v) is 6.72. The smallest absolute Gasteiger partial charge is 0.390 e. The molecular weight excluding hydrogens is 530 g/mol. The molecule has 3 heterocycles. The number of rotatable bonds is 6. The lowest BCUT2D eigenvalue weighted by atomic mass is 9.81. The third kappa shape index (κ3) is 4.81. The van der Waals surface area contributed by atoms with E-state index < -0.39 is 48.1 Å². The van der Waals surface area contributed by atoms with Gasteiger partial charge in [-0.05, 0) is 48.9 Å². The summed E-state index contributed by atoms with van der Waals surface area (Å²) in [6.45, 7) is 1.35. The number of carbonyl (C=O) groups is 2. The second-order valence-corrected chi connectivity index (χ2v) is 9.09.